The number of carbonyl (C=O) groups is 2. The molecule has 0 radical (unpaired) electrons. The summed E-state index contributed by atoms with van der Waals surface area (Å²) in [7, 11) is 0. The van der Waals surface area contributed by atoms with Gasteiger partial charge in [-0.25, -0.2) is 9.18 Å². The second-order valence-electron chi connectivity index (χ2n) is 4.69. The lowest BCUT2D eigenvalue weighted by atomic mass is 9.89. The molecule has 0 saturated carbocycles. The molecule has 18 heavy (non-hydrogen) atoms. The number of carboxylic acid groups (broad SMARTS) is 1. The standard InChI is InChI=1S/C13H16FNO3/c1-4-13(2,3)12(18)15-10-6-5-8(11(16)17)7-9(10)14/h5-7H,4H2,1-3H3,(H,15,18)(H,16,17). The lowest BCUT2D eigenvalue weighted by Gasteiger charge is -2.21. The molecule has 0 heterocycles. The first kappa shape index (κ1) is 14.2. The van der Waals surface area contributed by atoms with Crippen LogP contribution in [-0.2, 0) is 4.79 Å². The predicted octanol–water partition coefficient (Wildman–Crippen LogP) is 2.90. The zero-order valence-corrected chi connectivity index (χ0v) is 10.6. The van der Waals surface area contributed by atoms with Crippen molar-refractivity contribution in [3.8, 4) is 0 Å². The number of carboxylic acids is 1. The Morgan fingerprint density at radius 3 is 2.44 bits per heavy atom. The summed E-state index contributed by atoms with van der Waals surface area (Å²) >= 11 is 0. The molecule has 1 rings (SSSR count). The van der Waals surface area contributed by atoms with Gasteiger partial charge in [0.15, 0.2) is 0 Å². The molecule has 0 aliphatic rings. The van der Waals surface area contributed by atoms with Crippen LogP contribution in [0.4, 0.5) is 10.1 Å². The second kappa shape index (κ2) is 5.16. The average Bonchev–Trinajstić information content (AvgIpc) is 2.31. The summed E-state index contributed by atoms with van der Waals surface area (Å²) in [5.74, 6) is -2.26. The third-order valence-electron chi connectivity index (χ3n) is 2.96. The fraction of sp³-hybridized carbons (Fsp3) is 0.385. The van der Waals surface area contributed by atoms with Crippen LogP contribution in [0.5, 0.6) is 0 Å². The van der Waals surface area contributed by atoms with E-state index >= 15 is 0 Å². The highest BCUT2D eigenvalue weighted by molar-refractivity contribution is 5.95. The van der Waals surface area contributed by atoms with Crippen LogP contribution in [0.1, 0.15) is 37.6 Å². The highest BCUT2D eigenvalue weighted by Crippen LogP contribution is 2.23. The molecule has 0 unspecified atom stereocenters. The van der Waals surface area contributed by atoms with Gasteiger partial charge in [-0.15, -0.1) is 0 Å². The number of hydrogen-bond acceptors (Lipinski definition) is 2. The minimum atomic E-state index is -1.21. The Bertz CT molecular complexity index is 483. The summed E-state index contributed by atoms with van der Waals surface area (Å²) in [5.41, 5.74) is -0.760. The van der Waals surface area contributed by atoms with Gasteiger partial charge in [0.05, 0.1) is 11.3 Å². The van der Waals surface area contributed by atoms with Crippen LogP contribution in [-0.4, -0.2) is 17.0 Å². The number of amides is 1. The number of benzene rings is 1. The number of rotatable bonds is 4. The van der Waals surface area contributed by atoms with Gasteiger partial charge in [0.1, 0.15) is 5.82 Å². The Balaban J connectivity index is 2.93. The van der Waals surface area contributed by atoms with Gasteiger partial charge < -0.3 is 10.4 Å². The summed E-state index contributed by atoms with van der Waals surface area (Å²) in [6, 6.07) is 3.39. The van der Waals surface area contributed by atoms with Crippen molar-refractivity contribution < 1.29 is 19.1 Å². The molecule has 0 aromatic heterocycles. The number of carbonyl (C=O) groups excluding carboxylic acids is 1. The first-order valence-corrected chi connectivity index (χ1v) is 5.62. The van der Waals surface area contributed by atoms with E-state index in [1.807, 2.05) is 6.92 Å². The van der Waals surface area contributed by atoms with Gasteiger partial charge in [-0.05, 0) is 24.6 Å². The zero-order chi connectivity index (χ0) is 13.9. The van der Waals surface area contributed by atoms with Crippen molar-refractivity contribution in [3.63, 3.8) is 0 Å². The molecule has 0 bridgehead atoms. The van der Waals surface area contributed by atoms with E-state index in [-0.39, 0.29) is 17.2 Å². The summed E-state index contributed by atoms with van der Waals surface area (Å²) in [6.45, 7) is 5.38. The van der Waals surface area contributed by atoms with Crippen molar-refractivity contribution in [1.82, 2.24) is 0 Å². The zero-order valence-electron chi connectivity index (χ0n) is 10.6. The minimum absolute atomic E-state index is 0.00785. The maximum atomic E-state index is 13.6. The maximum absolute atomic E-state index is 13.6. The van der Waals surface area contributed by atoms with Crippen LogP contribution >= 0.6 is 0 Å². The second-order valence-corrected chi connectivity index (χ2v) is 4.69. The number of nitrogens with one attached hydrogen (secondary N) is 1. The molecule has 0 spiro atoms. The Morgan fingerprint density at radius 1 is 1.39 bits per heavy atom. The van der Waals surface area contributed by atoms with Gasteiger partial charge in [0, 0.05) is 5.41 Å². The van der Waals surface area contributed by atoms with Crippen LogP contribution in [0.2, 0.25) is 0 Å². The fourth-order valence-electron chi connectivity index (χ4n) is 1.20. The van der Waals surface area contributed by atoms with E-state index in [1.54, 1.807) is 13.8 Å². The predicted molar refractivity (Wildman–Crippen MR) is 66.1 cm³/mol. The molecule has 0 aliphatic carbocycles. The molecule has 4 nitrogen and oxygen atoms in total. The number of hydrogen-bond donors (Lipinski definition) is 2. The molecular formula is C13H16FNO3. The van der Waals surface area contributed by atoms with Gasteiger partial charge in [-0.1, -0.05) is 20.8 Å². The molecule has 2 N–H and O–H groups in total. The number of anilines is 1. The molecule has 0 fully saturated rings. The van der Waals surface area contributed by atoms with Crippen molar-refractivity contribution in [3.05, 3.63) is 29.6 Å². The van der Waals surface area contributed by atoms with Gasteiger partial charge in [-0.2, -0.15) is 0 Å². The highest BCUT2D eigenvalue weighted by atomic mass is 19.1. The largest absolute Gasteiger partial charge is 0.478 e. The van der Waals surface area contributed by atoms with Gasteiger partial charge in [0.25, 0.3) is 0 Å². The monoisotopic (exact) mass is 253 g/mol. The average molecular weight is 253 g/mol. The third-order valence-corrected chi connectivity index (χ3v) is 2.96. The van der Waals surface area contributed by atoms with E-state index in [2.05, 4.69) is 5.32 Å². The molecular weight excluding hydrogens is 237 g/mol. The van der Waals surface area contributed by atoms with E-state index in [0.717, 1.165) is 6.07 Å². The molecule has 0 aliphatic heterocycles. The van der Waals surface area contributed by atoms with Crippen molar-refractivity contribution in [2.24, 2.45) is 5.41 Å². The van der Waals surface area contributed by atoms with Crippen LogP contribution in [0.25, 0.3) is 0 Å². The Labute approximate surface area is 105 Å². The summed E-state index contributed by atoms with van der Waals surface area (Å²) in [6.07, 6.45) is 0.619. The topological polar surface area (TPSA) is 66.4 Å². The van der Waals surface area contributed by atoms with Crippen molar-refractivity contribution in [1.29, 1.82) is 0 Å². The van der Waals surface area contributed by atoms with E-state index in [9.17, 15) is 14.0 Å². The van der Waals surface area contributed by atoms with Crippen LogP contribution in [0, 0.1) is 11.2 Å². The SMILES string of the molecule is CCC(C)(C)C(=O)Nc1ccc(C(=O)O)cc1F. The van der Waals surface area contributed by atoms with Crippen LogP contribution < -0.4 is 5.32 Å². The summed E-state index contributed by atoms with van der Waals surface area (Å²) in [5, 5.41) is 11.2. The highest BCUT2D eigenvalue weighted by Gasteiger charge is 2.26. The van der Waals surface area contributed by atoms with Crippen molar-refractivity contribution in [2.45, 2.75) is 27.2 Å². The van der Waals surface area contributed by atoms with E-state index in [4.69, 9.17) is 5.11 Å². The molecule has 1 aromatic rings. The van der Waals surface area contributed by atoms with Crippen LogP contribution in [0.3, 0.4) is 0 Å². The molecule has 1 amide bonds. The molecule has 98 valence electrons. The lowest BCUT2D eigenvalue weighted by molar-refractivity contribution is -0.124. The maximum Gasteiger partial charge on any atom is 0.335 e. The van der Waals surface area contributed by atoms with Crippen LogP contribution in [0.15, 0.2) is 18.2 Å². The van der Waals surface area contributed by atoms with E-state index in [0.29, 0.717) is 6.42 Å². The Morgan fingerprint density at radius 2 is 2.00 bits per heavy atom. The first-order valence-electron chi connectivity index (χ1n) is 5.62. The van der Waals surface area contributed by atoms with Crippen molar-refractivity contribution >= 4 is 17.6 Å². The van der Waals surface area contributed by atoms with Gasteiger partial charge in [0.2, 0.25) is 5.91 Å². The molecule has 5 heteroatoms. The molecule has 0 atom stereocenters. The number of aromatic carboxylic acids is 1. The minimum Gasteiger partial charge on any atom is -0.478 e. The number of halogens is 1. The third kappa shape index (κ3) is 3.06. The van der Waals surface area contributed by atoms with E-state index in [1.165, 1.54) is 12.1 Å². The van der Waals surface area contributed by atoms with Crippen molar-refractivity contribution in [2.75, 3.05) is 5.32 Å². The van der Waals surface area contributed by atoms with Gasteiger partial charge in [-0.3, -0.25) is 4.79 Å². The summed E-state index contributed by atoms with van der Waals surface area (Å²) in [4.78, 5) is 22.5. The van der Waals surface area contributed by atoms with Gasteiger partial charge >= 0.3 is 5.97 Å². The smallest absolute Gasteiger partial charge is 0.335 e. The quantitative estimate of drug-likeness (QED) is 0.867. The van der Waals surface area contributed by atoms with E-state index < -0.39 is 17.2 Å². The lowest BCUT2D eigenvalue weighted by Crippen LogP contribution is -2.30. The Hall–Kier alpha value is -1.91. The molecule has 0 saturated heterocycles. The first-order chi connectivity index (χ1) is 8.27. The Kier molecular flexibility index (Phi) is 4.06. The molecule has 1 aromatic carbocycles. The normalized spacial score (nSPS) is 11.1. The fourth-order valence-corrected chi connectivity index (χ4v) is 1.20. The summed E-state index contributed by atoms with van der Waals surface area (Å²) < 4.78 is 13.6.